The summed E-state index contributed by atoms with van der Waals surface area (Å²) >= 11 is 0. The van der Waals surface area contributed by atoms with Crippen molar-refractivity contribution in [2.75, 3.05) is 40.9 Å². The minimum absolute atomic E-state index is 0.0705. The number of quaternary nitrogens is 1. The number of phosphoric ester groups is 1. The Hall–Kier alpha value is -2.32. The lowest BCUT2D eigenvalue weighted by atomic mass is 10.0. The molecule has 0 bridgehead atoms. The minimum atomic E-state index is -4.32. The van der Waals surface area contributed by atoms with Gasteiger partial charge in [0.15, 0.2) is 0 Å². The molecule has 8 nitrogen and oxygen atoms in total. The van der Waals surface area contributed by atoms with Gasteiger partial charge in [-0.2, -0.15) is 0 Å². The van der Waals surface area contributed by atoms with Crippen LogP contribution in [0.2, 0.25) is 0 Å². The molecule has 370 valence electrons. The molecule has 0 rings (SSSR count). The summed E-state index contributed by atoms with van der Waals surface area (Å²) in [4.78, 5) is 23.2. The van der Waals surface area contributed by atoms with Crippen LogP contribution >= 0.6 is 7.82 Å². The molecule has 1 amide bonds. The highest BCUT2D eigenvalue weighted by Crippen LogP contribution is 2.43. The van der Waals surface area contributed by atoms with E-state index in [4.69, 9.17) is 9.05 Å². The van der Waals surface area contributed by atoms with Crippen LogP contribution in [0.15, 0.2) is 85.1 Å². The predicted octanol–water partition coefficient (Wildman–Crippen LogP) is 15.3. The van der Waals surface area contributed by atoms with Gasteiger partial charge < -0.3 is 19.8 Å². The Morgan fingerprint density at radius 3 is 1.38 bits per heavy atom. The van der Waals surface area contributed by atoms with Crippen LogP contribution in [0.1, 0.15) is 206 Å². The Morgan fingerprint density at radius 1 is 0.547 bits per heavy atom. The van der Waals surface area contributed by atoms with Crippen molar-refractivity contribution in [3.05, 3.63) is 85.1 Å². The molecule has 0 aromatic carbocycles. The summed E-state index contributed by atoms with van der Waals surface area (Å²) in [7, 11) is 1.60. The van der Waals surface area contributed by atoms with E-state index in [0.717, 1.165) is 83.5 Å². The second-order valence-corrected chi connectivity index (χ2v) is 20.0. The van der Waals surface area contributed by atoms with Crippen LogP contribution in [0.25, 0.3) is 0 Å². The maximum Gasteiger partial charge on any atom is 0.472 e. The molecule has 0 aliphatic heterocycles. The van der Waals surface area contributed by atoms with E-state index in [2.05, 4.69) is 104 Å². The number of allylic oxidation sites excluding steroid dienone is 14. The summed E-state index contributed by atoms with van der Waals surface area (Å²) in [5.41, 5.74) is 0. The Balaban J connectivity index is 4.05. The lowest BCUT2D eigenvalue weighted by Gasteiger charge is -2.26. The quantitative estimate of drug-likeness (QED) is 0.0243. The predicted molar refractivity (Wildman–Crippen MR) is 276 cm³/mol. The number of nitrogens with one attached hydrogen (secondary N) is 1. The van der Waals surface area contributed by atoms with Crippen molar-refractivity contribution < 1.29 is 32.9 Å². The van der Waals surface area contributed by atoms with Gasteiger partial charge in [-0.05, 0) is 70.6 Å². The second-order valence-electron chi connectivity index (χ2n) is 18.5. The molecule has 0 saturated carbocycles. The number of aliphatic hydroxyl groups is 1. The Kier molecular flexibility index (Phi) is 44.2. The van der Waals surface area contributed by atoms with Crippen LogP contribution in [-0.4, -0.2) is 73.4 Å². The third kappa shape index (κ3) is 47.6. The molecule has 3 N–H and O–H groups in total. The van der Waals surface area contributed by atoms with E-state index in [1.54, 1.807) is 0 Å². The zero-order valence-electron chi connectivity index (χ0n) is 42.0. The summed E-state index contributed by atoms with van der Waals surface area (Å²) in [6.07, 6.45) is 63.5. The van der Waals surface area contributed by atoms with Crippen LogP contribution < -0.4 is 5.32 Å². The van der Waals surface area contributed by atoms with E-state index >= 15 is 0 Å². The number of hydrogen-bond donors (Lipinski definition) is 3. The number of unbranched alkanes of at least 4 members (excludes halogenated alkanes) is 19. The molecule has 0 radical (unpaired) electrons. The van der Waals surface area contributed by atoms with Gasteiger partial charge in [-0.15, -0.1) is 0 Å². The number of phosphoric acid groups is 1. The smallest absolute Gasteiger partial charge is 0.391 e. The molecular weight excluding hydrogens is 816 g/mol. The van der Waals surface area contributed by atoms with Crippen LogP contribution in [0, 0.1) is 0 Å². The van der Waals surface area contributed by atoms with E-state index < -0.39 is 20.0 Å². The van der Waals surface area contributed by atoms with Crippen molar-refractivity contribution in [1.29, 1.82) is 0 Å². The summed E-state index contributed by atoms with van der Waals surface area (Å²) in [5, 5.41) is 13.9. The van der Waals surface area contributed by atoms with E-state index in [-0.39, 0.29) is 19.1 Å². The molecule has 0 spiro atoms. The van der Waals surface area contributed by atoms with E-state index in [9.17, 15) is 19.4 Å². The van der Waals surface area contributed by atoms with Gasteiger partial charge in [0.2, 0.25) is 5.91 Å². The zero-order valence-corrected chi connectivity index (χ0v) is 42.9. The maximum atomic E-state index is 12.9. The summed E-state index contributed by atoms with van der Waals surface area (Å²) in [5.74, 6) is -0.154. The molecule has 0 fully saturated rings. The van der Waals surface area contributed by atoms with Gasteiger partial charge in [0.1, 0.15) is 13.2 Å². The van der Waals surface area contributed by atoms with Crippen LogP contribution in [0.5, 0.6) is 0 Å². The molecular formula is C55H100N2O6P+. The summed E-state index contributed by atoms with van der Waals surface area (Å²) in [6, 6.07) is -0.764. The Labute approximate surface area is 395 Å². The molecule has 64 heavy (non-hydrogen) atoms. The lowest BCUT2D eigenvalue weighted by Crippen LogP contribution is -2.46. The summed E-state index contributed by atoms with van der Waals surface area (Å²) in [6.45, 7) is 4.73. The first-order valence-electron chi connectivity index (χ1n) is 26.0. The average Bonchev–Trinajstić information content (AvgIpc) is 3.25. The monoisotopic (exact) mass is 916 g/mol. The van der Waals surface area contributed by atoms with Crippen LogP contribution in [0.3, 0.4) is 0 Å². The average molecular weight is 916 g/mol. The van der Waals surface area contributed by atoms with Crippen molar-refractivity contribution in [2.45, 2.75) is 219 Å². The fourth-order valence-electron chi connectivity index (χ4n) is 7.08. The van der Waals surface area contributed by atoms with E-state index in [1.807, 2.05) is 21.1 Å². The number of nitrogens with zero attached hydrogens (tertiary/aromatic N) is 1. The lowest BCUT2D eigenvalue weighted by molar-refractivity contribution is -0.870. The number of likely N-dealkylation sites (N-methyl/N-ethyl adjacent to an activating group) is 1. The Morgan fingerprint density at radius 2 is 0.938 bits per heavy atom. The second kappa shape index (κ2) is 45.8. The largest absolute Gasteiger partial charge is 0.472 e. The summed E-state index contributed by atoms with van der Waals surface area (Å²) < 4.78 is 23.6. The van der Waals surface area contributed by atoms with Crippen molar-refractivity contribution in [3.8, 4) is 0 Å². The first-order valence-corrected chi connectivity index (χ1v) is 27.4. The number of hydrogen-bond acceptors (Lipinski definition) is 5. The molecule has 0 aliphatic rings. The van der Waals surface area contributed by atoms with Gasteiger partial charge >= 0.3 is 7.82 Å². The zero-order chi connectivity index (χ0) is 47.1. The van der Waals surface area contributed by atoms with Crippen molar-refractivity contribution in [1.82, 2.24) is 5.32 Å². The van der Waals surface area contributed by atoms with Crippen LogP contribution in [0.4, 0.5) is 0 Å². The molecule has 3 unspecified atom stereocenters. The van der Waals surface area contributed by atoms with Gasteiger partial charge in [0.05, 0.1) is 39.9 Å². The van der Waals surface area contributed by atoms with Crippen molar-refractivity contribution in [3.63, 3.8) is 0 Å². The molecule has 0 aliphatic carbocycles. The van der Waals surface area contributed by atoms with Gasteiger partial charge in [0.25, 0.3) is 0 Å². The highest BCUT2D eigenvalue weighted by molar-refractivity contribution is 7.47. The number of carbonyl (C=O) groups is 1. The first kappa shape index (κ1) is 61.7. The fourth-order valence-corrected chi connectivity index (χ4v) is 7.82. The standard InChI is InChI=1S/C55H99N2O6P/c1-6-8-10-12-14-16-17-18-19-20-21-22-23-24-25-26-27-28-29-30-31-32-33-34-35-36-37-38-39-41-43-45-47-49-55(59)56-53(52-63-64(60,61)62-51-50-57(3,4)5)54(58)48-46-44-42-40-15-13-11-9-7-2/h8,10,14,16,18-19,21-22,24-25,27-28,30-31,53-54,58H,6-7,9,11-13,15,17,20,23,26,29,32-52H2,1-5H3,(H-,56,59,60,61)/p+1/b10-8-,16-14-,19-18-,22-21-,25-24-,28-27-,31-30-. The highest BCUT2D eigenvalue weighted by Gasteiger charge is 2.28. The number of rotatable bonds is 46. The first-order chi connectivity index (χ1) is 31.0. The molecule has 0 aromatic heterocycles. The van der Waals surface area contributed by atoms with Crippen molar-refractivity contribution >= 4 is 13.7 Å². The normalized spacial score (nSPS) is 14.8. The van der Waals surface area contributed by atoms with Gasteiger partial charge in [-0.1, -0.05) is 214 Å². The van der Waals surface area contributed by atoms with E-state index in [0.29, 0.717) is 23.9 Å². The number of amides is 1. The van der Waals surface area contributed by atoms with Gasteiger partial charge in [0, 0.05) is 6.42 Å². The molecule has 3 atom stereocenters. The third-order valence-electron chi connectivity index (χ3n) is 11.2. The highest BCUT2D eigenvalue weighted by atomic mass is 31.2. The topological polar surface area (TPSA) is 105 Å². The molecule has 0 aromatic rings. The number of aliphatic hydroxyl groups excluding tert-OH is 1. The molecule has 0 heterocycles. The third-order valence-corrected chi connectivity index (χ3v) is 12.1. The van der Waals surface area contributed by atoms with Crippen molar-refractivity contribution in [2.24, 2.45) is 0 Å². The van der Waals surface area contributed by atoms with Crippen LogP contribution in [-0.2, 0) is 18.4 Å². The maximum absolute atomic E-state index is 12.9. The fraction of sp³-hybridized carbons (Fsp3) is 0.727. The molecule has 0 saturated heterocycles. The number of carbonyl (C=O) groups excluding carboxylic acids is 1. The Bertz CT molecular complexity index is 1310. The molecule has 9 heteroatoms. The minimum Gasteiger partial charge on any atom is -0.391 e. The van der Waals surface area contributed by atoms with Gasteiger partial charge in [-0.25, -0.2) is 4.57 Å². The van der Waals surface area contributed by atoms with E-state index in [1.165, 1.54) is 96.3 Å². The van der Waals surface area contributed by atoms with Gasteiger partial charge in [-0.3, -0.25) is 13.8 Å². The SMILES string of the molecule is CC/C=C\C/C=C\C/C=C\C/C=C\C/C=C\C/C=C\C/C=C\CCCCCCCCCCCCCC(=O)NC(COP(=O)(O)OCC[N+](C)(C)C)C(O)CCCCCCCCCCC.